The highest BCUT2D eigenvalue weighted by atomic mass is 35.5. The van der Waals surface area contributed by atoms with E-state index in [9.17, 15) is 13.2 Å². The molecule has 1 N–H and O–H groups in total. The maximum absolute atomic E-state index is 12.1. The largest absolute Gasteiger partial charge is 0.573 e. The summed E-state index contributed by atoms with van der Waals surface area (Å²) in [5.74, 6) is 0.257. The lowest BCUT2D eigenvalue weighted by Crippen LogP contribution is -2.16. The van der Waals surface area contributed by atoms with Crippen LogP contribution in [-0.4, -0.2) is 11.3 Å². The van der Waals surface area contributed by atoms with Crippen molar-refractivity contribution in [3.05, 3.63) is 59.8 Å². The highest BCUT2D eigenvalue weighted by Crippen LogP contribution is 2.27. The van der Waals surface area contributed by atoms with Crippen LogP contribution in [0.2, 0.25) is 5.02 Å². The van der Waals surface area contributed by atoms with Crippen molar-refractivity contribution in [3.8, 4) is 5.75 Å². The number of benzene rings is 2. The molecule has 3 rings (SSSR count). The fourth-order valence-corrected chi connectivity index (χ4v) is 2.32. The lowest BCUT2D eigenvalue weighted by atomic mass is 10.2. The van der Waals surface area contributed by atoms with Crippen LogP contribution in [0.4, 0.5) is 24.7 Å². The van der Waals surface area contributed by atoms with Crippen molar-refractivity contribution in [3.63, 3.8) is 0 Å². The number of aromatic nitrogens is 1. The van der Waals surface area contributed by atoms with Crippen LogP contribution in [-0.2, 0) is 0 Å². The average molecular weight is 339 g/mol. The van der Waals surface area contributed by atoms with Gasteiger partial charge in [-0.05, 0) is 36.4 Å². The van der Waals surface area contributed by atoms with E-state index in [2.05, 4.69) is 15.0 Å². The third-order valence-electron chi connectivity index (χ3n) is 3.07. The van der Waals surface area contributed by atoms with Gasteiger partial charge in [0.1, 0.15) is 11.6 Å². The van der Waals surface area contributed by atoms with Crippen molar-refractivity contribution >= 4 is 33.9 Å². The molecular weight excluding hydrogens is 329 g/mol. The smallest absolute Gasteiger partial charge is 0.406 e. The first-order chi connectivity index (χ1) is 10.9. The Bertz CT molecular complexity index is 835. The first-order valence-corrected chi connectivity index (χ1v) is 6.96. The summed E-state index contributed by atoms with van der Waals surface area (Å²) in [7, 11) is 0. The van der Waals surface area contributed by atoms with Crippen molar-refractivity contribution in [1.29, 1.82) is 0 Å². The lowest BCUT2D eigenvalue weighted by Gasteiger charge is -2.10. The van der Waals surface area contributed by atoms with Crippen LogP contribution < -0.4 is 10.1 Å². The Morgan fingerprint density at radius 1 is 1.04 bits per heavy atom. The molecule has 0 fully saturated rings. The Kier molecular flexibility index (Phi) is 4.00. The maximum Gasteiger partial charge on any atom is 0.573 e. The predicted octanol–water partition coefficient (Wildman–Crippen LogP) is 5.53. The van der Waals surface area contributed by atoms with Crippen molar-refractivity contribution in [2.45, 2.75) is 6.36 Å². The van der Waals surface area contributed by atoms with Crippen LogP contribution >= 0.6 is 11.6 Å². The second-order valence-corrected chi connectivity index (χ2v) is 5.13. The van der Waals surface area contributed by atoms with Crippen molar-refractivity contribution in [2.75, 3.05) is 5.32 Å². The first kappa shape index (κ1) is 15.4. The normalized spacial score (nSPS) is 11.5. The molecule has 0 amide bonds. The van der Waals surface area contributed by atoms with Crippen LogP contribution in [0.3, 0.4) is 0 Å². The molecule has 0 aliphatic carbocycles. The van der Waals surface area contributed by atoms with Crippen LogP contribution in [0.15, 0.2) is 54.7 Å². The number of pyridine rings is 1. The number of ether oxygens (including phenoxy) is 1. The SMILES string of the molecule is FC(F)(F)Oc1ccc(Nc2cc3c(Cl)cccc3cn2)cc1. The number of anilines is 2. The molecule has 2 aromatic carbocycles. The molecule has 1 aromatic heterocycles. The number of alkyl halides is 3. The molecule has 3 nitrogen and oxygen atoms in total. The van der Waals surface area contributed by atoms with Crippen LogP contribution in [0, 0.1) is 0 Å². The number of rotatable bonds is 3. The van der Waals surface area contributed by atoms with E-state index < -0.39 is 6.36 Å². The Morgan fingerprint density at radius 2 is 1.78 bits per heavy atom. The van der Waals surface area contributed by atoms with Gasteiger partial charge in [-0.15, -0.1) is 13.2 Å². The maximum atomic E-state index is 12.1. The standard InChI is InChI=1S/C16H10ClF3N2O/c17-14-3-1-2-10-9-21-15(8-13(10)14)22-11-4-6-12(7-5-11)23-16(18,19)20/h1-9H,(H,21,22). The van der Waals surface area contributed by atoms with E-state index >= 15 is 0 Å². The highest BCUT2D eigenvalue weighted by molar-refractivity contribution is 6.35. The van der Waals surface area contributed by atoms with Gasteiger partial charge >= 0.3 is 6.36 Å². The van der Waals surface area contributed by atoms with Gasteiger partial charge in [-0.3, -0.25) is 0 Å². The summed E-state index contributed by atoms with van der Waals surface area (Å²) < 4.78 is 40.2. The van der Waals surface area contributed by atoms with Crippen molar-refractivity contribution in [2.24, 2.45) is 0 Å². The summed E-state index contributed by atoms with van der Waals surface area (Å²) >= 11 is 6.14. The third-order valence-corrected chi connectivity index (χ3v) is 3.40. The third kappa shape index (κ3) is 3.84. The Hall–Kier alpha value is -2.47. The van der Waals surface area contributed by atoms with Crippen molar-refractivity contribution < 1.29 is 17.9 Å². The quantitative estimate of drug-likeness (QED) is 0.681. The van der Waals surface area contributed by atoms with Crippen molar-refractivity contribution in [1.82, 2.24) is 4.98 Å². The van der Waals surface area contributed by atoms with E-state index in [4.69, 9.17) is 11.6 Å². The fourth-order valence-electron chi connectivity index (χ4n) is 2.09. The van der Waals surface area contributed by atoms with Crippen LogP contribution in [0.25, 0.3) is 10.8 Å². The molecule has 0 unspecified atom stereocenters. The number of halogens is 4. The number of hydrogen-bond acceptors (Lipinski definition) is 3. The van der Waals surface area contributed by atoms with E-state index in [0.717, 1.165) is 10.8 Å². The summed E-state index contributed by atoms with van der Waals surface area (Å²) in [5.41, 5.74) is 0.582. The van der Waals surface area contributed by atoms with Crippen LogP contribution in [0.5, 0.6) is 5.75 Å². The Balaban J connectivity index is 1.80. The minimum absolute atomic E-state index is 0.280. The second-order valence-electron chi connectivity index (χ2n) is 4.73. The summed E-state index contributed by atoms with van der Waals surface area (Å²) in [6, 6.07) is 12.7. The molecule has 0 saturated heterocycles. The minimum Gasteiger partial charge on any atom is -0.406 e. The molecule has 118 valence electrons. The number of nitrogens with zero attached hydrogens (tertiary/aromatic N) is 1. The lowest BCUT2D eigenvalue weighted by molar-refractivity contribution is -0.274. The molecular formula is C16H10ClF3N2O. The molecule has 0 atom stereocenters. The van der Waals surface area contributed by atoms with Gasteiger partial charge in [0.2, 0.25) is 0 Å². The van der Waals surface area contributed by atoms with Crippen LogP contribution in [0.1, 0.15) is 0 Å². The number of nitrogens with one attached hydrogen (secondary N) is 1. The van der Waals surface area contributed by atoms with Gasteiger partial charge in [0, 0.05) is 27.7 Å². The topological polar surface area (TPSA) is 34.1 Å². The minimum atomic E-state index is -4.70. The molecule has 23 heavy (non-hydrogen) atoms. The van der Waals surface area contributed by atoms with E-state index in [1.807, 2.05) is 12.1 Å². The Morgan fingerprint density at radius 3 is 2.48 bits per heavy atom. The van der Waals surface area contributed by atoms with Gasteiger partial charge in [-0.2, -0.15) is 0 Å². The van der Waals surface area contributed by atoms with Gasteiger partial charge in [-0.25, -0.2) is 4.98 Å². The average Bonchev–Trinajstić information content (AvgIpc) is 2.49. The summed E-state index contributed by atoms with van der Waals surface area (Å²) in [6.45, 7) is 0. The molecule has 0 aliphatic rings. The molecule has 3 aromatic rings. The number of fused-ring (bicyclic) bond motifs is 1. The van der Waals surface area contributed by atoms with Gasteiger partial charge in [-0.1, -0.05) is 23.7 Å². The molecule has 1 heterocycles. The van der Waals surface area contributed by atoms with Gasteiger partial charge < -0.3 is 10.1 Å². The van der Waals surface area contributed by atoms with E-state index in [-0.39, 0.29) is 5.75 Å². The van der Waals surface area contributed by atoms with Gasteiger partial charge in [0.05, 0.1) is 0 Å². The zero-order valence-corrected chi connectivity index (χ0v) is 12.3. The molecule has 0 saturated carbocycles. The number of hydrogen-bond donors (Lipinski definition) is 1. The molecule has 0 spiro atoms. The highest BCUT2D eigenvalue weighted by Gasteiger charge is 2.30. The van der Waals surface area contributed by atoms with Gasteiger partial charge in [0.15, 0.2) is 0 Å². The van der Waals surface area contributed by atoms with Gasteiger partial charge in [0.25, 0.3) is 0 Å². The summed E-state index contributed by atoms with van der Waals surface area (Å²) in [6.07, 6.45) is -3.03. The molecule has 0 aliphatic heterocycles. The zero-order chi connectivity index (χ0) is 16.4. The predicted molar refractivity (Wildman–Crippen MR) is 83.2 cm³/mol. The summed E-state index contributed by atoms with van der Waals surface area (Å²) in [4.78, 5) is 4.24. The summed E-state index contributed by atoms with van der Waals surface area (Å²) in [5, 5.41) is 5.34. The van der Waals surface area contributed by atoms with E-state index in [1.54, 1.807) is 18.3 Å². The fraction of sp³-hybridized carbons (Fsp3) is 0.0625. The van der Waals surface area contributed by atoms with E-state index in [1.165, 1.54) is 24.3 Å². The van der Waals surface area contributed by atoms with E-state index in [0.29, 0.717) is 16.5 Å². The molecule has 0 radical (unpaired) electrons. The zero-order valence-electron chi connectivity index (χ0n) is 11.6. The molecule has 7 heteroatoms. The monoisotopic (exact) mass is 338 g/mol. The first-order valence-electron chi connectivity index (χ1n) is 6.58. The molecule has 0 bridgehead atoms. The second kappa shape index (κ2) is 5.96. The Labute approximate surface area is 134 Å².